The Balaban J connectivity index is 1.66. The fourth-order valence-electron chi connectivity index (χ4n) is 4.45. The zero-order chi connectivity index (χ0) is 25.4. The van der Waals surface area contributed by atoms with Crippen LogP contribution in [0.5, 0.6) is 0 Å². The highest BCUT2D eigenvalue weighted by atomic mass is 32.2. The van der Waals surface area contributed by atoms with Crippen molar-refractivity contribution < 1.29 is 17.6 Å². The molecule has 1 aliphatic rings. The Bertz CT molecular complexity index is 1340. The van der Waals surface area contributed by atoms with Crippen LogP contribution in [0.1, 0.15) is 50.9 Å². The summed E-state index contributed by atoms with van der Waals surface area (Å²) in [5.41, 5.74) is 2.77. The van der Waals surface area contributed by atoms with Crippen LogP contribution in [0.2, 0.25) is 0 Å². The zero-order valence-corrected chi connectivity index (χ0v) is 21.1. The van der Waals surface area contributed by atoms with Crippen molar-refractivity contribution in [2.45, 2.75) is 51.1 Å². The van der Waals surface area contributed by atoms with Crippen molar-refractivity contribution >= 4 is 21.6 Å². The molecule has 0 spiro atoms. The molecular weight excluding hydrogens is 469 g/mol. The van der Waals surface area contributed by atoms with E-state index in [2.05, 4.69) is 29.2 Å². The number of carbonyl (C=O) groups is 1. The number of fused-ring (bicyclic) bond motifs is 1. The predicted molar refractivity (Wildman–Crippen MR) is 132 cm³/mol. The van der Waals surface area contributed by atoms with Gasteiger partial charge in [0, 0.05) is 19.0 Å². The smallest absolute Gasteiger partial charge is 0.322 e. The molecule has 0 fully saturated rings. The van der Waals surface area contributed by atoms with E-state index in [1.807, 2.05) is 6.92 Å². The summed E-state index contributed by atoms with van der Waals surface area (Å²) < 4.78 is 39.2. The molecule has 1 atom stereocenters. The second-order valence-electron chi connectivity index (χ2n) is 9.78. The first-order valence-corrected chi connectivity index (χ1v) is 13.4. The van der Waals surface area contributed by atoms with Crippen molar-refractivity contribution in [1.29, 1.82) is 0 Å². The maximum absolute atomic E-state index is 13.6. The molecule has 8 nitrogen and oxygen atoms in total. The average molecular weight is 500 g/mol. The normalized spacial score (nSPS) is 16.0. The van der Waals surface area contributed by atoms with Gasteiger partial charge in [-0.05, 0) is 60.2 Å². The second-order valence-corrected chi connectivity index (χ2v) is 11.7. The lowest BCUT2D eigenvalue weighted by atomic mass is 9.83. The van der Waals surface area contributed by atoms with Gasteiger partial charge in [0.05, 0.1) is 29.3 Å². The minimum Gasteiger partial charge on any atom is -0.331 e. The number of carbonyl (C=O) groups excluding carboxylic acids is 1. The minimum atomic E-state index is -3.47. The Kier molecular flexibility index (Phi) is 6.68. The number of rotatable bonds is 6. The van der Waals surface area contributed by atoms with Crippen LogP contribution in [-0.2, 0) is 16.3 Å². The largest absolute Gasteiger partial charge is 0.331 e. The van der Waals surface area contributed by atoms with Gasteiger partial charge in [-0.1, -0.05) is 27.2 Å². The number of anilines is 1. The van der Waals surface area contributed by atoms with E-state index >= 15 is 0 Å². The van der Waals surface area contributed by atoms with E-state index < -0.39 is 9.84 Å². The third-order valence-electron chi connectivity index (χ3n) is 6.10. The first-order valence-electron chi connectivity index (χ1n) is 11.6. The SMILES string of the molecule is CCCC(NC(=O)N1CC(C)(C)Cc2c1cnn2-c1ccc(F)cc1)c1ccnc(S(C)(=O)=O)c1. The van der Waals surface area contributed by atoms with Crippen LogP contribution in [0.3, 0.4) is 0 Å². The van der Waals surface area contributed by atoms with Crippen molar-refractivity contribution in [3.05, 3.63) is 65.9 Å². The van der Waals surface area contributed by atoms with E-state index in [4.69, 9.17) is 0 Å². The van der Waals surface area contributed by atoms with Crippen LogP contribution in [0.4, 0.5) is 14.9 Å². The molecule has 0 saturated carbocycles. The van der Waals surface area contributed by atoms with E-state index in [9.17, 15) is 17.6 Å². The summed E-state index contributed by atoms with van der Waals surface area (Å²) in [6, 6.07) is 8.68. The molecule has 186 valence electrons. The lowest BCUT2D eigenvalue weighted by Crippen LogP contribution is -2.49. The second kappa shape index (κ2) is 9.41. The molecule has 0 saturated heterocycles. The Morgan fingerprint density at radius 2 is 1.94 bits per heavy atom. The maximum atomic E-state index is 13.6. The van der Waals surface area contributed by atoms with E-state index in [0.717, 1.165) is 24.1 Å². The first kappa shape index (κ1) is 24.8. The average Bonchev–Trinajstić information content (AvgIpc) is 3.20. The van der Waals surface area contributed by atoms with Crippen LogP contribution in [-0.4, -0.2) is 42.0 Å². The molecule has 0 aliphatic carbocycles. The van der Waals surface area contributed by atoms with Gasteiger partial charge < -0.3 is 5.32 Å². The van der Waals surface area contributed by atoms with Crippen LogP contribution in [0, 0.1) is 11.2 Å². The topological polar surface area (TPSA) is 97.2 Å². The van der Waals surface area contributed by atoms with Gasteiger partial charge in [0.1, 0.15) is 5.82 Å². The molecule has 0 bridgehead atoms. The summed E-state index contributed by atoms with van der Waals surface area (Å²) in [5.74, 6) is -0.326. The van der Waals surface area contributed by atoms with Crippen LogP contribution in [0.25, 0.3) is 5.69 Å². The van der Waals surface area contributed by atoms with Crippen LogP contribution in [0.15, 0.2) is 53.8 Å². The lowest BCUT2D eigenvalue weighted by Gasteiger charge is -2.38. The summed E-state index contributed by atoms with van der Waals surface area (Å²) in [5, 5.41) is 7.58. The zero-order valence-electron chi connectivity index (χ0n) is 20.3. The van der Waals surface area contributed by atoms with Crippen molar-refractivity contribution in [3.8, 4) is 5.69 Å². The molecule has 1 N–H and O–H groups in total. The number of amides is 2. The Hall–Kier alpha value is -3.27. The maximum Gasteiger partial charge on any atom is 0.322 e. The number of sulfone groups is 1. The molecule has 2 amide bonds. The number of halogens is 1. The van der Waals surface area contributed by atoms with Gasteiger partial charge in [-0.2, -0.15) is 5.10 Å². The molecule has 10 heteroatoms. The Morgan fingerprint density at radius 3 is 2.60 bits per heavy atom. The standard InChI is InChI=1S/C25H30FN5O3S/c1-5-6-20(17-11-12-27-23(13-17)35(4,33)34)29-24(32)30-16-25(2,3)14-21-22(30)15-28-31(21)19-9-7-18(26)8-10-19/h7-13,15,20H,5-6,14,16H2,1-4H3,(H,29,32). The van der Waals surface area contributed by atoms with Gasteiger partial charge in [0.25, 0.3) is 0 Å². The van der Waals surface area contributed by atoms with E-state index in [1.165, 1.54) is 24.4 Å². The Labute approximate surface area is 205 Å². The molecule has 3 aromatic rings. The fraction of sp³-hybridized carbons (Fsp3) is 0.400. The van der Waals surface area contributed by atoms with Gasteiger partial charge in [-0.15, -0.1) is 0 Å². The molecule has 0 radical (unpaired) electrons. The van der Waals surface area contributed by atoms with Crippen LogP contribution >= 0.6 is 0 Å². The van der Waals surface area contributed by atoms with Gasteiger partial charge >= 0.3 is 6.03 Å². The van der Waals surface area contributed by atoms with Gasteiger partial charge in [0.2, 0.25) is 0 Å². The fourth-order valence-corrected chi connectivity index (χ4v) is 5.05. The number of pyridine rings is 1. The summed E-state index contributed by atoms with van der Waals surface area (Å²) >= 11 is 0. The van der Waals surface area contributed by atoms with Crippen molar-refractivity contribution in [1.82, 2.24) is 20.1 Å². The van der Waals surface area contributed by atoms with E-state index in [-0.39, 0.29) is 28.3 Å². The highest BCUT2D eigenvalue weighted by molar-refractivity contribution is 7.90. The van der Waals surface area contributed by atoms with Crippen molar-refractivity contribution in [3.63, 3.8) is 0 Å². The third kappa shape index (κ3) is 5.37. The number of hydrogen-bond acceptors (Lipinski definition) is 5. The monoisotopic (exact) mass is 499 g/mol. The molecule has 4 rings (SSSR count). The minimum absolute atomic E-state index is 0.0210. The van der Waals surface area contributed by atoms with Gasteiger partial charge in [0.15, 0.2) is 14.9 Å². The molecular formula is C25H30FN5O3S. The molecule has 2 aromatic heterocycles. The first-order chi connectivity index (χ1) is 16.5. The summed E-state index contributed by atoms with van der Waals surface area (Å²) in [7, 11) is -3.47. The number of nitrogens with zero attached hydrogens (tertiary/aromatic N) is 4. The number of urea groups is 1. The van der Waals surface area contributed by atoms with Gasteiger partial charge in [-0.25, -0.2) is 27.3 Å². The molecule has 1 aromatic carbocycles. The highest BCUT2D eigenvalue weighted by Crippen LogP contribution is 2.37. The summed E-state index contributed by atoms with van der Waals surface area (Å²) in [6.07, 6.45) is 6.36. The molecule has 1 unspecified atom stereocenters. The molecule has 3 heterocycles. The van der Waals surface area contributed by atoms with Gasteiger partial charge in [-0.3, -0.25) is 4.90 Å². The van der Waals surface area contributed by atoms with E-state index in [0.29, 0.717) is 30.6 Å². The number of benzene rings is 1. The quantitative estimate of drug-likeness (QED) is 0.541. The number of hydrogen-bond donors (Lipinski definition) is 1. The highest BCUT2D eigenvalue weighted by Gasteiger charge is 2.37. The third-order valence-corrected chi connectivity index (χ3v) is 7.09. The van der Waals surface area contributed by atoms with Crippen molar-refractivity contribution in [2.75, 3.05) is 17.7 Å². The molecule has 35 heavy (non-hydrogen) atoms. The molecule has 1 aliphatic heterocycles. The summed E-state index contributed by atoms with van der Waals surface area (Å²) in [4.78, 5) is 19.2. The summed E-state index contributed by atoms with van der Waals surface area (Å²) in [6.45, 7) is 6.67. The lowest BCUT2D eigenvalue weighted by molar-refractivity contribution is 0.235. The number of nitrogens with one attached hydrogen (secondary N) is 1. The van der Waals surface area contributed by atoms with E-state index in [1.54, 1.807) is 34.0 Å². The number of aromatic nitrogens is 3. The predicted octanol–water partition coefficient (Wildman–Crippen LogP) is 4.45. The van der Waals surface area contributed by atoms with Crippen LogP contribution < -0.4 is 10.2 Å². The van der Waals surface area contributed by atoms with Crippen molar-refractivity contribution in [2.24, 2.45) is 5.41 Å². The Morgan fingerprint density at radius 1 is 1.23 bits per heavy atom.